The molecule has 0 aliphatic carbocycles. The number of carbonyl (C=O) groups is 1. The van der Waals surface area contributed by atoms with E-state index in [1.54, 1.807) is 18.2 Å². The first-order valence-electron chi connectivity index (χ1n) is 9.34. The van der Waals surface area contributed by atoms with Crippen molar-refractivity contribution in [3.8, 4) is 0 Å². The second kappa shape index (κ2) is 9.32. The van der Waals surface area contributed by atoms with Crippen LogP contribution in [0.1, 0.15) is 41.5 Å². The van der Waals surface area contributed by atoms with Gasteiger partial charge < -0.3 is 4.57 Å². The lowest BCUT2D eigenvalue weighted by molar-refractivity contribution is 0.0982. The zero-order valence-corrected chi connectivity index (χ0v) is 19.7. The van der Waals surface area contributed by atoms with Crippen LogP contribution in [0.5, 0.6) is 0 Å². The van der Waals surface area contributed by atoms with Gasteiger partial charge in [-0.05, 0) is 49.2 Å². The van der Waals surface area contributed by atoms with Gasteiger partial charge in [-0.1, -0.05) is 53.0 Å². The van der Waals surface area contributed by atoms with Gasteiger partial charge in [-0.15, -0.1) is 0 Å². The number of hydrogen-bond donors (Lipinski definition) is 1. The molecular weight excluding hydrogens is 490 g/mol. The summed E-state index contributed by atoms with van der Waals surface area (Å²) < 4.78 is 29.1. The first-order valence-corrected chi connectivity index (χ1v) is 12.1. The summed E-state index contributed by atoms with van der Waals surface area (Å²) in [5.74, 6) is 0.0711. The molecule has 158 valence electrons. The number of nitrogens with zero attached hydrogens (tertiary/aromatic N) is 2. The summed E-state index contributed by atoms with van der Waals surface area (Å²) in [6, 6.07) is 10.6. The number of hydrogen-bond acceptors (Lipinski definition) is 4. The van der Waals surface area contributed by atoms with Crippen LogP contribution in [0.2, 0.25) is 5.02 Å². The van der Waals surface area contributed by atoms with Crippen molar-refractivity contribution < 1.29 is 13.2 Å². The molecule has 6 nitrogen and oxygen atoms in total. The molecule has 0 fully saturated rings. The third-order valence-corrected chi connectivity index (χ3v) is 6.38. The Morgan fingerprint density at radius 1 is 1.27 bits per heavy atom. The first kappa shape index (κ1) is 22.5. The highest BCUT2D eigenvalue weighted by Crippen LogP contribution is 2.25. The van der Waals surface area contributed by atoms with E-state index in [1.165, 1.54) is 6.08 Å². The lowest BCUT2D eigenvalue weighted by Gasteiger charge is -2.10. The van der Waals surface area contributed by atoms with Gasteiger partial charge in [0.1, 0.15) is 5.82 Å². The number of aryl methyl sites for hydroxylation is 1. The second-order valence-electron chi connectivity index (χ2n) is 6.82. The maximum absolute atomic E-state index is 12.5. The average molecular weight is 511 g/mol. The lowest BCUT2D eigenvalue weighted by Crippen LogP contribution is -2.28. The van der Waals surface area contributed by atoms with Crippen molar-refractivity contribution in [2.45, 2.75) is 33.2 Å². The summed E-state index contributed by atoms with van der Waals surface area (Å²) in [5, 5.41) is 1.64. The van der Waals surface area contributed by atoms with Crippen LogP contribution in [0, 0.1) is 6.92 Å². The van der Waals surface area contributed by atoms with Gasteiger partial charge in [0, 0.05) is 20.5 Å². The van der Waals surface area contributed by atoms with E-state index in [-0.39, 0.29) is 5.56 Å². The third kappa shape index (κ3) is 5.30. The smallest absolute Gasteiger partial charge is 0.265 e. The molecule has 0 aliphatic heterocycles. The molecule has 1 heterocycles. The number of sulfonamides is 1. The Hall–Kier alpha value is -2.16. The van der Waals surface area contributed by atoms with Crippen LogP contribution in [-0.4, -0.2) is 23.9 Å². The SMILES string of the molecule is CCCC=CS(=O)(=O)NC(=O)c1ccc2nc(C)n(Cc3ccc(Br)cc3Cl)c2c1. The van der Waals surface area contributed by atoms with Gasteiger partial charge in [0.05, 0.1) is 17.6 Å². The van der Waals surface area contributed by atoms with Gasteiger partial charge in [-0.2, -0.15) is 0 Å². The van der Waals surface area contributed by atoms with E-state index in [9.17, 15) is 13.2 Å². The molecule has 0 radical (unpaired) electrons. The number of amides is 1. The molecule has 2 aromatic carbocycles. The number of carbonyl (C=O) groups excluding carboxylic acids is 1. The van der Waals surface area contributed by atoms with E-state index in [0.29, 0.717) is 23.5 Å². The minimum atomic E-state index is -3.84. The summed E-state index contributed by atoms with van der Waals surface area (Å²) in [5.41, 5.74) is 2.57. The zero-order chi connectivity index (χ0) is 21.9. The molecule has 9 heteroatoms. The molecule has 0 saturated heterocycles. The molecule has 0 saturated carbocycles. The summed E-state index contributed by atoms with van der Waals surface area (Å²) in [7, 11) is -3.84. The largest absolute Gasteiger partial charge is 0.324 e. The van der Waals surface area contributed by atoms with Crippen molar-refractivity contribution in [3.05, 3.63) is 74.3 Å². The number of nitrogens with one attached hydrogen (secondary N) is 1. The minimum absolute atomic E-state index is 0.234. The quantitative estimate of drug-likeness (QED) is 0.475. The van der Waals surface area contributed by atoms with Crippen molar-refractivity contribution in [1.82, 2.24) is 14.3 Å². The van der Waals surface area contributed by atoms with E-state index < -0.39 is 15.9 Å². The number of rotatable bonds is 7. The number of unbranched alkanes of at least 4 members (excludes halogenated alkanes) is 1. The van der Waals surface area contributed by atoms with Crippen LogP contribution in [-0.2, 0) is 16.6 Å². The van der Waals surface area contributed by atoms with Crippen LogP contribution < -0.4 is 4.72 Å². The average Bonchev–Trinajstić information content (AvgIpc) is 2.98. The van der Waals surface area contributed by atoms with Crippen LogP contribution >= 0.6 is 27.5 Å². The molecule has 0 atom stereocenters. The number of fused-ring (bicyclic) bond motifs is 1. The van der Waals surface area contributed by atoms with Gasteiger partial charge >= 0.3 is 0 Å². The number of aromatic nitrogens is 2. The monoisotopic (exact) mass is 509 g/mol. The third-order valence-electron chi connectivity index (χ3n) is 4.51. The summed E-state index contributed by atoms with van der Waals surface area (Å²) in [6.07, 6.45) is 2.97. The predicted octanol–water partition coefficient (Wildman–Crippen LogP) is 5.18. The van der Waals surface area contributed by atoms with Crippen molar-refractivity contribution in [2.75, 3.05) is 0 Å². The second-order valence-corrected chi connectivity index (χ2v) is 9.71. The van der Waals surface area contributed by atoms with Crippen LogP contribution in [0.25, 0.3) is 11.0 Å². The highest BCUT2D eigenvalue weighted by molar-refractivity contribution is 9.10. The van der Waals surface area contributed by atoms with Gasteiger partial charge in [-0.25, -0.2) is 18.1 Å². The molecule has 30 heavy (non-hydrogen) atoms. The van der Waals surface area contributed by atoms with E-state index in [1.807, 2.05) is 36.6 Å². The molecule has 3 rings (SSSR count). The summed E-state index contributed by atoms with van der Waals surface area (Å²) in [4.78, 5) is 17.1. The fraction of sp³-hybridized carbons (Fsp3) is 0.238. The molecule has 0 bridgehead atoms. The molecule has 1 amide bonds. The molecule has 0 unspecified atom stereocenters. The molecule has 3 aromatic rings. The number of halogens is 2. The minimum Gasteiger partial charge on any atom is -0.324 e. The van der Waals surface area contributed by atoms with Gasteiger partial charge in [0.25, 0.3) is 15.9 Å². The molecular formula is C21H21BrClN3O3S. The highest BCUT2D eigenvalue weighted by atomic mass is 79.9. The molecule has 1 N–H and O–H groups in total. The molecule has 1 aromatic heterocycles. The molecule has 0 aliphatic rings. The van der Waals surface area contributed by atoms with Crippen LogP contribution in [0.4, 0.5) is 0 Å². The number of imidazole rings is 1. The Kier molecular flexibility index (Phi) is 7.00. The van der Waals surface area contributed by atoms with E-state index in [0.717, 1.165) is 33.2 Å². The van der Waals surface area contributed by atoms with E-state index in [2.05, 4.69) is 25.6 Å². The zero-order valence-electron chi connectivity index (χ0n) is 16.5. The Morgan fingerprint density at radius 3 is 2.73 bits per heavy atom. The van der Waals surface area contributed by atoms with Gasteiger partial charge in [-0.3, -0.25) is 4.79 Å². The Bertz CT molecular complexity index is 1240. The van der Waals surface area contributed by atoms with Crippen molar-refractivity contribution in [1.29, 1.82) is 0 Å². The highest BCUT2D eigenvalue weighted by Gasteiger charge is 2.16. The summed E-state index contributed by atoms with van der Waals surface area (Å²) in [6.45, 7) is 4.28. The van der Waals surface area contributed by atoms with Gasteiger partial charge in [0.15, 0.2) is 0 Å². The summed E-state index contributed by atoms with van der Waals surface area (Å²) >= 11 is 9.75. The van der Waals surface area contributed by atoms with Crippen molar-refractivity contribution in [3.63, 3.8) is 0 Å². The Morgan fingerprint density at radius 2 is 2.03 bits per heavy atom. The topological polar surface area (TPSA) is 81.1 Å². The number of benzene rings is 2. The van der Waals surface area contributed by atoms with Crippen molar-refractivity contribution in [2.24, 2.45) is 0 Å². The van der Waals surface area contributed by atoms with Crippen LogP contribution in [0.15, 0.2) is 52.4 Å². The molecule has 0 spiro atoms. The van der Waals surface area contributed by atoms with E-state index >= 15 is 0 Å². The maximum Gasteiger partial charge on any atom is 0.265 e. The van der Waals surface area contributed by atoms with E-state index in [4.69, 9.17) is 11.6 Å². The van der Waals surface area contributed by atoms with Crippen molar-refractivity contribution >= 4 is 54.5 Å². The Labute approximate surface area is 189 Å². The fourth-order valence-electron chi connectivity index (χ4n) is 2.99. The maximum atomic E-state index is 12.5. The lowest BCUT2D eigenvalue weighted by atomic mass is 10.2. The first-order chi connectivity index (χ1) is 14.2. The standard InChI is InChI=1S/C21H21BrClN3O3S/c1-3-4-5-10-30(28,29)25-21(27)15-7-9-19-20(11-15)26(14(2)24-19)13-16-6-8-17(22)12-18(16)23/h5-12H,3-4,13H2,1-2H3,(H,25,27). The fourth-order valence-corrected chi connectivity index (χ4v) is 4.55. The van der Waals surface area contributed by atoms with Gasteiger partial charge in [0.2, 0.25) is 0 Å². The number of allylic oxidation sites excluding steroid dienone is 1. The van der Waals surface area contributed by atoms with Crippen LogP contribution in [0.3, 0.4) is 0 Å². The normalized spacial score (nSPS) is 12.0. The Balaban J connectivity index is 1.92. The predicted molar refractivity (Wildman–Crippen MR) is 123 cm³/mol.